The predicted molar refractivity (Wildman–Crippen MR) is 67.5 cm³/mol. The van der Waals surface area contributed by atoms with Crippen molar-refractivity contribution in [1.29, 1.82) is 0 Å². The lowest BCUT2D eigenvalue weighted by molar-refractivity contribution is 0.268. The second-order valence-electron chi connectivity index (χ2n) is 4.99. The van der Waals surface area contributed by atoms with Crippen molar-refractivity contribution >= 4 is 5.69 Å². The number of aromatic nitrogens is 2. The molecule has 1 aromatic heterocycles. The van der Waals surface area contributed by atoms with E-state index in [1.54, 1.807) is 0 Å². The van der Waals surface area contributed by atoms with Gasteiger partial charge in [0.1, 0.15) is 0 Å². The van der Waals surface area contributed by atoms with Crippen LogP contribution in [0.3, 0.4) is 0 Å². The summed E-state index contributed by atoms with van der Waals surface area (Å²) in [5.74, 6) is 1.72. The van der Waals surface area contributed by atoms with Crippen LogP contribution >= 0.6 is 0 Å². The van der Waals surface area contributed by atoms with Crippen LogP contribution in [-0.4, -0.2) is 16.3 Å². The highest BCUT2D eigenvalue weighted by atomic mass is 15.3. The maximum absolute atomic E-state index is 4.27. The fourth-order valence-corrected chi connectivity index (χ4v) is 2.57. The molecule has 0 saturated heterocycles. The van der Waals surface area contributed by atoms with E-state index in [2.05, 4.69) is 30.5 Å². The first-order chi connectivity index (χ1) is 7.79. The number of hydrogen-bond donors (Lipinski definition) is 1. The maximum Gasteiger partial charge on any atom is 0.0726 e. The smallest absolute Gasteiger partial charge is 0.0726 e. The molecule has 1 aromatic rings. The quantitative estimate of drug-likeness (QED) is 0.846. The Bertz CT molecular complexity index is 319. The van der Waals surface area contributed by atoms with Gasteiger partial charge in [0.25, 0.3) is 0 Å². The monoisotopic (exact) mass is 221 g/mol. The van der Waals surface area contributed by atoms with E-state index in [0.717, 1.165) is 24.9 Å². The van der Waals surface area contributed by atoms with Crippen LogP contribution in [0.4, 0.5) is 5.69 Å². The predicted octanol–water partition coefficient (Wildman–Crippen LogP) is 3.14. The second kappa shape index (κ2) is 5.37. The molecule has 3 nitrogen and oxygen atoms in total. The summed E-state index contributed by atoms with van der Waals surface area (Å²) in [6.07, 6.45) is 9.64. The number of nitrogens with zero attached hydrogens (tertiary/aromatic N) is 2. The van der Waals surface area contributed by atoms with E-state index in [-0.39, 0.29) is 0 Å². The van der Waals surface area contributed by atoms with Crippen LogP contribution in [-0.2, 0) is 6.54 Å². The second-order valence-corrected chi connectivity index (χ2v) is 4.99. The van der Waals surface area contributed by atoms with Crippen LogP contribution in [0, 0.1) is 11.8 Å². The highest BCUT2D eigenvalue weighted by Crippen LogP contribution is 2.29. The summed E-state index contributed by atoms with van der Waals surface area (Å²) >= 11 is 0. The van der Waals surface area contributed by atoms with Gasteiger partial charge in [-0.05, 0) is 25.2 Å². The molecule has 1 heterocycles. The minimum Gasteiger partial charge on any atom is -0.382 e. The zero-order valence-corrected chi connectivity index (χ0v) is 10.4. The van der Waals surface area contributed by atoms with E-state index in [0.29, 0.717) is 0 Å². The van der Waals surface area contributed by atoms with Gasteiger partial charge in [-0.2, -0.15) is 5.10 Å². The lowest BCUT2D eigenvalue weighted by Crippen LogP contribution is -2.24. The normalized spacial score (nSPS) is 25.6. The summed E-state index contributed by atoms with van der Waals surface area (Å²) in [6, 6.07) is 0. The van der Waals surface area contributed by atoms with Crippen molar-refractivity contribution in [2.45, 2.75) is 46.1 Å². The topological polar surface area (TPSA) is 29.9 Å². The van der Waals surface area contributed by atoms with Crippen LogP contribution in [0.2, 0.25) is 0 Å². The number of rotatable bonds is 4. The van der Waals surface area contributed by atoms with Crippen molar-refractivity contribution in [3.63, 3.8) is 0 Å². The Kier molecular flexibility index (Phi) is 3.86. The molecule has 0 aliphatic heterocycles. The maximum atomic E-state index is 4.27. The summed E-state index contributed by atoms with van der Waals surface area (Å²) in [4.78, 5) is 0. The van der Waals surface area contributed by atoms with Gasteiger partial charge in [0, 0.05) is 19.3 Å². The molecule has 1 fully saturated rings. The molecule has 1 aliphatic rings. The summed E-state index contributed by atoms with van der Waals surface area (Å²) in [5.41, 5.74) is 1.17. The third-order valence-corrected chi connectivity index (χ3v) is 3.81. The SMILES string of the molecule is CCn1cc(NCC2CCCCC2C)cn1. The molecule has 0 radical (unpaired) electrons. The number of hydrogen-bond acceptors (Lipinski definition) is 2. The first-order valence-corrected chi connectivity index (χ1v) is 6.56. The molecule has 0 bridgehead atoms. The van der Waals surface area contributed by atoms with E-state index in [4.69, 9.17) is 0 Å². The third-order valence-electron chi connectivity index (χ3n) is 3.81. The van der Waals surface area contributed by atoms with Gasteiger partial charge in [-0.3, -0.25) is 4.68 Å². The Labute approximate surface area is 98.2 Å². The number of nitrogens with one attached hydrogen (secondary N) is 1. The molecule has 2 rings (SSSR count). The van der Waals surface area contributed by atoms with Gasteiger partial charge < -0.3 is 5.32 Å². The van der Waals surface area contributed by atoms with Gasteiger partial charge in [0.05, 0.1) is 11.9 Å². The van der Waals surface area contributed by atoms with Gasteiger partial charge in [0.15, 0.2) is 0 Å². The summed E-state index contributed by atoms with van der Waals surface area (Å²) in [5, 5.41) is 7.79. The van der Waals surface area contributed by atoms with Gasteiger partial charge in [-0.1, -0.05) is 26.2 Å². The molecule has 0 aromatic carbocycles. The standard InChI is InChI=1S/C13H23N3/c1-3-16-10-13(9-15-16)14-8-12-7-5-4-6-11(12)2/h9-12,14H,3-8H2,1-2H3. The lowest BCUT2D eigenvalue weighted by Gasteiger charge is -2.28. The van der Waals surface area contributed by atoms with Crippen LogP contribution < -0.4 is 5.32 Å². The summed E-state index contributed by atoms with van der Waals surface area (Å²) < 4.78 is 1.96. The number of aryl methyl sites for hydroxylation is 1. The number of anilines is 1. The fourth-order valence-electron chi connectivity index (χ4n) is 2.57. The van der Waals surface area contributed by atoms with E-state index in [1.807, 2.05) is 10.9 Å². The van der Waals surface area contributed by atoms with Gasteiger partial charge in [0.2, 0.25) is 0 Å². The molecule has 1 saturated carbocycles. The molecule has 0 amide bonds. The molecule has 1 aliphatic carbocycles. The summed E-state index contributed by atoms with van der Waals surface area (Å²) in [6.45, 7) is 6.55. The first kappa shape index (κ1) is 11.5. The van der Waals surface area contributed by atoms with Crippen molar-refractivity contribution in [3.05, 3.63) is 12.4 Å². The Hall–Kier alpha value is -0.990. The molecule has 90 valence electrons. The van der Waals surface area contributed by atoms with Crippen molar-refractivity contribution in [3.8, 4) is 0 Å². The van der Waals surface area contributed by atoms with Crippen LogP contribution in [0.5, 0.6) is 0 Å². The highest BCUT2D eigenvalue weighted by molar-refractivity contribution is 5.38. The zero-order chi connectivity index (χ0) is 11.4. The van der Waals surface area contributed by atoms with Gasteiger partial charge >= 0.3 is 0 Å². The fraction of sp³-hybridized carbons (Fsp3) is 0.769. The molecule has 2 unspecified atom stereocenters. The van der Waals surface area contributed by atoms with Gasteiger partial charge in [-0.15, -0.1) is 0 Å². The Morgan fingerprint density at radius 2 is 2.25 bits per heavy atom. The Morgan fingerprint density at radius 1 is 1.44 bits per heavy atom. The van der Waals surface area contributed by atoms with E-state index in [9.17, 15) is 0 Å². The van der Waals surface area contributed by atoms with Crippen molar-refractivity contribution in [2.75, 3.05) is 11.9 Å². The molecule has 1 N–H and O–H groups in total. The lowest BCUT2D eigenvalue weighted by atomic mass is 9.80. The molecule has 0 spiro atoms. The van der Waals surface area contributed by atoms with Crippen LogP contribution in [0.25, 0.3) is 0 Å². The van der Waals surface area contributed by atoms with Crippen molar-refractivity contribution in [1.82, 2.24) is 9.78 Å². The first-order valence-electron chi connectivity index (χ1n) is 6.56. The zero-order valence-electron chi connectivity index (χ0n) is 10.4. The largest absolute Gasteiger partial charge is 0.382 e. The Morgan fingerprint density at radius 3 is 2.94 bits per heavy atom. The third kappa shape index (κ3) is 2.77. The minimum atomic E-state index is 0.846. The molecule has 3 heteroatoms. The van der Waals surface area contributed by atoms with Crippen molar-refractivity contribution < 1.29 is 0 Å². The van der Waals surface area contributed by atoms with E-state index >= 15 is 0 Å². The van der Waals surface area contributed by atoms with Crippen LogP contribution in [0.15, 0.2) is 12.4 Å². The molecular formula is C13H23N3. The summed E-state index contributed by atoms with van der Waals surface area (Å²) in [7, 11) is 0. The van der Waals surface area contributed by atoms with Crippen LogP contribution in [0.1, 0.15) is 39.5 Å². The average molecular weight is 221 g/mol. The van der Waals surface area contributed by atoms with Gasteiger partial charge in [-0.25, -0.2) is 0 Å². The molecule has 2 atom stereocenters. The molecule has 16 heavy (non-hydrogen) atoms. The van der Waals surface area contributed by atoms with E-state index < -0.39 is 0 Å². The van der Waals surface area contributed by atoms with Crippen molar-refractivity contribution in [2.24, 2.45) is 11.8 Å². The minimum absolute atomic E-state index is 0.846. The average Bonchev–Trinajstić information content (AvgIpc) is 2.76. The highest BCUT2D eigenvalue weighted by Gasteiger charge is 2.20. The van der Waals surface area contributed by atoms with E-state index in [1.165, 1.54) is 31.4 Å². The molecular weight excluding hydrogens is 198 g/mol. The Balaban J connectivity index is 1.81.